The molecule has 6 atom stereocenters. The standard InChI is InChI=1S/C24H42N4O4S/c1-8-16(2)22(27(4)5)19(31-6)14-21(29)28-12-9-10-18(28)23(32-7)17(3)24(30)26-15-20-25-11-13-33-20/h11,13,16-19,22-23H,8-10,12,14-15H2,1-7H3,(H,26,30). The zero-order valence-corrected chi connectivity index (χ0v) is 22.1. The van der Waals surface area contributed by atoms with Crippen molar-refractivity contribution >= 4 is 23.2 Å². The first kappa shape index (κ1) is 27.7. The van der Waals surface area contributed by atoms with Gasteiger partial charge in [-0.2, -0.15) is 0 Å². The molecule has 1 fully saturated rings. The van der Waals surface area contributed by atoms with E-state index < -0.39 is 0 Å². The van der Waals surface area contributed by atoms with Crippen LogP contribution < -0.4 is 5.32 Å². The van der Waals surface area contributed by atoms with Gasteiger partial charge in [-0.15, -0.1) is 11.3 Å². The van der Waals surface area contributed by atoms with E-state index in [-0.39, 0.29) is 42.0 Å². The Balaban J connectivity index is 2.06. The number of hydrogen-bond acceptors (Lipinski definition) is 7. The maximum atomic E-state index is 13.4. The number of likely N-dealkylation sites (N-methyl/N-ethyl adjacent to an activating group) is 1. The van der Waals surface area contributed by atoms with Gasteiger partial charge in [0.1, 0.15) is 5.01 Å². The summed E-state index contributed by atoms with van der Waals surface area (Å²) in [6.45, 7) is 7.32. The summed E-state index contributed by atoms with van der Waals surface area (Å²) in [7, 11) is 7.39. The normalized spacial score (nSPS) is 21.0. The van der Waals surface area contributed by atoms with Gasteiger partial charge in [0, 0.05) is 38.4 Å². The largest absolute Gasteiger partial charge is 0.379 e. The van der Waals surface area contributed by atoms with Crippen LogP contribution in [0, 0.1) is 11.8 Å². The Hall–Kier alpha value is -1.55. The number of aromatic nitrogens is 1. The number of carbonyl (C=O) groups excluding carboxylic acids is 2. The smallest absolute Gasteiger partial charge is 0.225 e. The van der Waals surface area contributed by atoms with Gasteiger partial charge in [0.15, 0.2) is 0 Å². The zero-order chi connectivity index (χ0) is 24.5. The van der Waals surface area contributed by atoms with Crippen molar-refractivity contribution in [2.45, 2.75) is 77.3 Å². The summed E-state index contributed by atoms with van der Waals surface area (Å²) in [5, 5.41) is 5.71. The number of ether oxygens (including phenoxy) is 2. The van der Waals surface area contributed by atoms with Gasteiger partial charge in [-0.3, -0.25) is 9.59 Å². The Labute approximate surface area is 203 Å². The van der Waals surface area contributed by atoms with Crippen LogP contribution in [0.25, 0.3) is 0 Å². The summed E-state index contributed by atoms with van der Waals surface area (Å²) in [4.78, 5) is 34.5. The van der Waals surface area contributed by atoms with Crippen LogP contribution in [0.2, 0.25) is 0 Å². The number of likely N-dealkylation sites (tertiary alicyclic amines) is 1. The number of carbonyl (C=O) groups is 2. The molecule has 0 bridgehead atoms. The first-order valence-electron chi connectivity index (χ1n) is 11.9. The van der Waals surface area contributed by atoms with Gasteiger partial charge in [-0.1, -0.05) is 27.2 Å². The summed E-state index contributed by atoms with van der Waals surface area (Å²) < 4.78 is 11.6. The van der Waals surface area contributed by atoms with Crippen LogP contribution in [0.15, 0.2) is 11.6 Å². The van der Waals surface area contributed by atoms with Gasteiger partial charge < -0.3 is 24.6 Å². The Kier molecular flexibility index (Phi) is 11.2. The second kappa shape index (κ2) is 13.4. The van der Waals surface area contributed by atoms with E-state index in [1.165, 1.54) is 11.3 Å². The molecule has 2 rings (SSSR count). The highest BCUT2D eigenvalue weighted by molar-refractivity contribution is 7.09. The predicted molar refractivity (Wildman–Crippen MR) is 131 cm³/mol. The molecule has 0 saturated carbocycles. The van der Waals surface area contributed by atoms with Gasteiger partial charge in [-0.05, 0) is 32.9 Å². The van der Waals surface area contributed by atoms with Crippen LogP contribution in [-0.4, -0.2) is 85.7 Å². The highest BCUT2D eigenvalue weighted by atomic mass is 32.1. The van der Waals surface area contributed by atoms with E-state index >= 15 is 0 Å². The van der Waals surface area contributed by atoms with Crippen LogP contribution in [0.1, 0.15) is 51.5 Å². The molecule has 1 N–H and O–H groups in total. The molecule has 188 valence electrons. The highest BCUT2D eigenvalue weighted by Gasteiger charge is 2.41. The number of amides is 2. The number of rotatable bonds is 13. The minimum atomic E-state index is -0.388. The number of hydrogen-bond donors (Lipinski definition) is 1. The number of methoxy groups -OCH3 is 2. The van der Waals surface area contributed by atoms with E-state index in [2.05, 4.69) is 29.0 Å². The van der Waals surface area contributed by atoms with E-state index in [0.717, 1.165) is 24.3 Å². The molecule has 1 aromatic heterocycles. The fourth-order valence-corrected chi connectivity index (χ4v) is 5.59. The third kappa shape index (κ3) is 7.21. The Bertz CT molecular complexity index is 730. The molecular weight excluding hydrogens is 440 g/mol. The minimum absolute atomic E-state index is 0.0666. The van der Waals surface area contributed by atoms with Gasteiger partial charge in [0.05, 0.1) is 37.1 Å². The second-order valence-electron chi connectivity index (χ2n) is 9.25. The Morgan fingerprint density at radius 1 is 1.30 bits per heavy atom. The van der Waals surface area contributed by atoms with Gasteiger partial charge in [0.25, 0.3) is 0 Å². The summed E-state index contributed by atoms with van der Waals surface area (Å²) in [6, 6.07) is 0.0285. The molecule has 2 amide bonds. The zero-order valence-electron chi connectivity index (χ0n) is 21.2. The lowest BCUT2D eigenvalue weighted by molar-refractivity contribution is -0.142. The molecule has 9 heteroatoms. The Morgan fingerprint density at radius 2 is 2.03 bits per heavy atom. The lowest BCUT2D eigenvalue weighted by atomic mass is 9.91. The number of nitrogens with zero attached hydrogens (tertiary/aromatic N) is 3. The highest BCUT2D eigenvalue weighted by Crippen LogP contribution is 2.29. The van der Waals surface area contributed by atoms with Gasteiger partial charge in [-0.25, -0.2) is 4.98 Å². The lowest BCUT2D eigenvalue weighted by Gasteiger charge is -2.38. The molecule has 0 radical (unpaired) electrons. The molecule has 1 aliphatic rings. The molecule has 2 heterocycles. The van der Waals surface area contributed by atoms with Crippen molar-refractivity contribution in [1.29, 1.82) is 0 Å². The monoisotopic (exact) mass is 482 g/mol. The van der Waals surface area contributed by atoms with Crippen molar-refractivity contribution in [2.24, 2.45) is 11.8 Å². The van der Waals surface area contributed by atoms with Gasteiger partial charge in [0.2, 0.25) is 11.8 Å². The average Bonchev–Trinajstić information content (AvgIpc) is 3.49. The molecule has 6 unspecified atom stereocenters. The average molecular weight is 483 g/mol. The fraction of sp³-hybridized carbons (Fsp3) is 0.792. The number of thiazole rings is 1. The third-order valence-corrected chi connectivity index (χ3v) is 7.74. The summed E-state index contributed by atoms with van der Waals surface area (Å²) >= 11 is 1.51. The topological polar surface area (TPSA) is 84.0 Å². The first-order valence-corrected chi connectivity index (χ1v) is 12.8. The second-order valence-corrected chi connectivity index (χ2v) is 10.2. The van der Waals surface area contributed by atoms with Crippen molar-refractivity contribution in [3.8, 4) is 0 Å². The van der Waals surface area contributed by atoms with Crippen LogP contribution >= 0.6 is 11.3 Å². The molecule has 0 aliphatic carbocycles. The maximum absolute atomic E-state index is 13.4. The molecule has 0 spiro atoms. The molecule has 0 aromatic carbocycles. The first-order chi connectivity index (χ1) is 15.7. The summed E-state index contributed by atoms with van der Waals surface area (Å²) in [5.74, 6) is -0.00544. The molecule has 1 aromatic rings. The van der Waals surface area contributed by atoms with Crippen molar-refractivity contribution in [1.82, 2.24) is 20.1 Å². The number of nitrogens with one attached hydrogen (secondary N) is 1. The molecular formula is C24H42N4O4S. The van der Waals surface area contributed by atoms with Crippen molar-refractivity contribution < 1.29 is 19.1 Å². The molecule has 1 aliphatic heterocycles. The lowest BCUT2D eigenvalue weighted by Crippen LogP contribution is -2.51. The quantitative estimate of drug-likeness (QED) is 0.465. The van der Waals surface area contributed by atoms with E-state index in [4.69, 9.17) is 9.47 Å². The molecule has 33 heavy (non-hydrogen) atoms. The van der Waals surface area contributed by atoms with Crippen LogP contribution in [0.5, 0.6) is 0 Å². The van der Waals surface area contributed by atoms with E-state index in [9.17, 15) is 9.59 Å². The van der Waals surface area contributed by atoms with Crippen LogP contribution in [0.4, 0.5) is 0 Å². The maximum Gasteiger partial charge on any atom is 0.225 e. The molecule has 8 nitrogen and oxygen atoms in total. The van der Waals surface area contributed by atoms with Crippen LogP contribution in [-0.2, 0) is 25.6 Å². The summed E-state index contributed by atoms with van der Waals surface area (Å²) in [6.07, 6.45) is 4.24. The third-order valence-electron chi connectivity index (χ3n) is 6.96. The van der Waals surface area contributed by atoms with Crippen molar-refractivity contribution in [2.75, 3.05) is 34.9 Å². The van der Waals surface area contributed by atoms with E-state index in [1.807, 2.05) is 31.3 Å². The van der Waals surface area contributed by atoms with Crippen molar-refractivity contribution in [3.05, 3.63) is 16.6 Å². The molecule has 1 saturated heterocycles. The summed E-state index contributed by atoms with van der Waals surface area (Å²) in [5.41, 5.74) is 0. The van der Waals surface area contributed by atoms with E-state index in [0.29, 0.717) is 25.4 Å². The SMILES string of the molecule is CCC(C)C(C(CC(=O)N1CCCC1C(OC)C(C)C(=O)NCc1nccs1)OC)N(C)C. The Morgan fingerprint density at radius 3 is 2.58 bits per heavy atom. The van der Waals surface area contributed by atoms with Crippen LogP contribution in [0.3, 0.4) is 0 Å². The van der Waals surface area contributed by atoms with E-state index in [1.54, 1.807) is 20.4 Å². The fourth-order valence-electron chi connectivity index (χ4n) is 5.03. The predicted octanol–water partition coefficient (Wildman–Crippen LogP) is 2.78. The van der Waals surface area contributed by atoms with Gasteiger partial charge >= 0.3 is 0 Å². The van der Waals surface area contributed by atoms with Crippen molar-refractivity contribution in [3.63, 3.8) is 0 Å². The minimum Gasteiger partial charge on any atom is -0.379 e.